The van der Waals surface area contributed by atoms with Gasteiger partial charge in [0.05, 0.1) is 5.54 Å². The van der Waals surface area contributed by atoms with E-state index in [0.29, 0.717) is 6.42 Å². The minimum absolute atomic E-state index is 0.210. The van der Waals surface area contributed by atoms with Crippen molar-refractivity contribution in [1.29, 1.82) is 0 Å². The lowest BCUT2D eigenvalue weighted by molar-refractivity contribution is -0.132. The SMILES string of the molecule is CCC(C)(N)C(=O)NC(C)C(=O)NC(C)(C)C. The summed E-state index contributed by atoms with van der Waals surface area (Å²) in [5, 5.41) is 5.42. The monoisotopic (exact) mass is 243 g/mol. The Morgan fingerprint density at radius 2 is 1.71 bits per heavy atom. The average molecular weight is 243 g/mol. The Morgan fingerprint density at radius 1 is 1.24 bits per heavy atom. The Kier molecular flexibility index (Phi) is 5.13. The Bertz CT molecular complexity index is 293. The first-order chi connectivity index (χ1) is 7.49. The van der Waals surface area contributed by atoms with E-state index < -0.39 is 11.6 Å². The molecule has 0 rings (SSSR count). The highest BCUT2D eigenvalue weighted by Crippen LogP contribution is 2.05. The van der Waals surface area contributed by atoms with E-state index in [1.807, 2.05) is 27.7 Å². The van der Waals surface area contributed by atoms with Gasteiger partial charge in [0.25, 0.3) is 0 Å². The van der Waals surface area contributed by atoms with E-state index in [-0.39, 0.29) is 17.4 Å². The van der Waals surface area contributed by atoms with Gasteiger partial charge in [-0.2, -0.15) is 0 Å². The number of nitrogens with one attached hydrogen (secondary N) is 2. The predicted molar refractivity (Wildman–Crippen MR) is 68.4 cm³/mol. The molecule has 0 bridgehead atoms. The maximum absolute atomic E-state index is 11.8. The van der Waals surface area contributed by atoms with Crippen molar-refractivity contribution in [3.05, 3.63) is 0 Å². The number of carbonyl (C=O) groups is 2. The van der Waals surface area contributed by atoms with Gasteiger partial charge < -0.3 is 16.4 Å². The number of amides is 2. The van der Waals surface area contributed by atoms with Crippen LogP contribution >= 0.6 is 0 Å². The predicted octanol–water partition coefficient (Wildman–Crippen LogP) is 0.533. The van der Waals surface area contributed by atoms with Crippen LogP contribution in [-0.2, 0) is 9.59 Å². The van der Waals surface area contributed by atoms with Crippen molar-refractivity contribution < 1.29 is 9.59 Å². The van der Waals surface area contributed by atoms with Crippen LogP contribution in [0.25, 0.3) is 0 Å². The lowest BCUT2D eigenvalue weighted by atomic mass is 9.99. The van der Waals surface area contributed by atoms with E-state index in [0.717, 1.165) is 0 Å². The van der Waals surface area contributed by atoms with Crippen molar-refractivity contribution in [2.24, 2.45) is 5.73 Å². The minimum Gasteiger partial charge on any atom is -0.350 e. The molecular formula is C12H25N3O2. The van der Waals surface area contributed by atoms with Crippen LogP contribution in [0.3, 0.4) is 0 Å². The first-order valence-electron chi connectivity index (χ1n) is 5.91. The third-order valence-corrected chi connectivity index (χ3v) is 2.49. The largest absolute Gasteiger partial charge is 0.350 e. The maximum atomic E-state index is 11.8. The van der Waals surface area contributed by atoms with Crippen LogP contribution in [0.15, 0.2) is 0 Å². The van der Waals surface area contributed by atoms with Crippen LogP contribution in [0.1, 0.15) is 48.0 Å². The summed E-state index contributed by atoms with van der Waals surface area (Å²) in [6.07, 6.45) is 0.520. The summed E-state index contributed by atoms with van der Waals surface area (Å²) < 4.78 is 0. The zero-order valence-electron chi connectivity index (χ0n) is 11.7. The lowest BCUT2D eigenvalue weighted by Gasteiger charge is -2.27. The fraction of sp³-hybridized carbons (Fsp3) is 0.833. The quantitative estimate of drug-likeness (QED) is 0.673. The van der Waals surface area contributed by atoms with Gasteiger partial charge in [-0.15, -0.1) is 0 Å². The third-order valence-electron chi connectivity index (χ3n) is 2.49. The first-order valence-corrected chi connectivity index (χ1v) is 5.91. The molecule has 0 aliphatic rings. The smallest absolute Gasteiger partial charge is 0.242 e. The molecule has 0 fully saturated rings. The minimum atomic E-state index is -0.934. The molecule has 0 aliphatic heterocycles. The first kappa shape index (κ1) is 15.9. The van der Waals surface area contributed by atoms with Gasteiger partial charge >= 0.3 is 0 Å². The highest BCUT2D eigenvalue weighted by Gasteiger charge is 2.29. The normalized spacial score (nSPS) is 16.9. The highest BCUT2D eigenvalue weighted by atomic mass is 16.2. The summed E-state index contributed by atoms with van der Waals surface area (Å²) >= 11 is 0. The summed E-state index contributed by atoms with van der Waals surface area (Å²) in [7, 11) is 0. The van der Waals surface area contributed by atoms with Crippen LogP contribution < -0.4 is 16.4 Å². The molecule has 5 heteroatoms. The molecule has 0 saturated heterocycles. The summed E-state index contributed by atoms with van der Waals surface area (Å²) in [5.41, 5.74) is 4.54. The Hall–Kier alpha value is -1.10. The van der Waals surface area contributed by atoms with E-state index in [9.17, 15) is 9.59 Å². The summed E-state index contributed by atoms with van der Waals surface area (Å²) in [6, 6.07) is -0.587. The molecule has 0 aliphatic carbocycles. The molecule has 2 atom stereocenters. The zero-order valence-corrected chi connectivity index (χ0v) is 11.7. The Morgan fingerprint density at radius 3 is 2.06 bits per heavy atom. The van der Waals surface area contributed by atoms with E-state index >= 15 is 0 Å². The van der Waals surface area contributed by atoms with Gasteiger partial charge in [-0.05, 0) is 41.0 Å². The molecule has 0 aromatic heterocycles. The molecule has 4 N–H and O–H groups in total. The standard InChI is InChI=1S/C12H25N3O2/c1-7-12(6,13)10(17)14-8(2)9(16)15-11(3,4)5/h8H,7,13H2,1-6H3,(H,14,17)(H,15,16). The summed E-state index contributed by atoms with van der Waals surface area (Å²) in [5.74, 6) is -0.519. The molecule has 0 spiro atoms. The fourth-order valence-corrected chi connectivity index (χ4v) is 1.07. The molecule has 100 valence electrons. The number of hydrogen-bond acceptors (Lipinski definition) is 3. The van der Waals surface area contributed by atoms with Gasteiger partial charge in [-0.1, -0.05) is 6.92 Å². The number of carbonyl (C=O) groups excluding carboxylic acids is 2. The molecule has 0 aromatic rings. The molecule has 0 saturated carbocycles. The average Bonchev–Trinajstić information content (AvgIpc) is 2.14. The van der Waals surface area contributed by atoms with Gasteiger partial charge in [0.2, 0.25) is 11.8 Å². The molecule has 2 amide bonds. The summed E-state index contributed by atoms with van der Waals surface area (Å²) in [4.78, 5) is 23.5. The van der Waals surface area contributed by atoms with E-state index in [1.165, 1.54) is 0 Å². The van der Waals surface area contributed by atoms with Crippen LogP contribution in [0.2, 0.25) is 0 Å². The van der Waals surface area contributed by atoms with E-state index in [4.69, 9.17) is 5.73 Å². The number of rotatable bonds is 4. The summed E-state index contributed by atoms with van der Waals surface area (Å²) in [6.45, 7) is 10.8. The molecule has 0 aromatic carbocycles. The Labute approximate surface area is 104 Å². The van der Waals surface area contributed by atoms with Crippen LogP contribution in [0, 0.1) is 0 Å². The molecule has 0 heterocycles. The topological polar surface area (TPSA) is 84.2 Å². The van der Waals surface area contributed by atoms with Gasteiger partial charge in [0.15, 0.2) is 0 Å². The van der Waals surface area contributed by atoms with E-state index in [2.05, 4.69) is 10.6 Å². The van der Waals surface area contributed by atoms with E-state index in [1.54, 1.807) is 13.8 Å². The van der Waals surface area contributed by atoms with Crippen molar-refractivity contribution >= 4 is 11.8 Å². The lowest BCUT2D eigenvalue weighted by Crippen LogP contribution is -2.57. The van der Waals surface area contributed by atoms with Crippen LogP contribution in [0.4, 0.5) is 0 Å². The van der Waals surface area contributed by atoms with Crippen molar-refractivity contribution in [2.75, 3.05) is 0 Å². The van der Waals surface area contributed by atoms with Gasteiger partial charge in [-0.3, -0.25) is 9.59 Å². The van der Waals surface area contributed by atoms with Gasteiger partial charge in [-0.25, -0.2) is 0 Å². The number of nitrogens with two attached hydrogens (primary N) is 1. The second-order valence-corrected chi connectivity index (χ2v) is 5.71. The Balaban J connectivity index is 4.41. The fourth-order valence-electron chi connectivity index (χ4n) is 1.07. The van der Waals surface area contributed by atoms with Crippen molar-refractivity contribution in [3.63, 3.8) is 0 Å². The third kappa shape index (κ3) is 5.68. The number of hydrogen-bond donors (Lipinski definition) is 3. The van der Waals surface area contributed by atoms with Crippen molar-refractivity contribution in [2.45, 2.75) is 65.1 Å². The van der Waals surface area contributed by atoms with Crippen molar-refractivity contribution in [1.82, 2.24) is 10.6 Å². The zero-order chi connectivity index (χ0) is 13.9. The molecule has 0 radical (unpaired) electrons. The van der Waals surface area contributed by atoms with Gasteiger partial charge in [0.1, 0.15) is 6.04 Å². The molecule has 17 heavy (non-hydrogen) atoms. The second kappa shape index (κ2) is 5.49. The second-order valence-electron chi connectivity index (χ2n) is 5.71. The van der Waals surface area contributed by atoms with Gasteiger partial charge in [0, 0.05) is 5.54 Å². The maximum Gasteiger partial charge on any atom is 0.242 e. The van der Waals surface area contributed by atoms with Crippen LogP contribution in [0.5, 0.6) is 0 Å². The highest BCUT2D eigenvalue weighted by molar-refractivity contribution is 5.91. The molecule has 5 nitrogen and oxygen atoms in total. The van der Waals surface area contributed by atoms with Crippen molar-refractivity contribution in [3.8, 4) is 0 Å². The molecule has 2 unspecified atom stereocenters. The molecular weight excluding hydrogens is 218 g/mol. The van der Waals surface area contributed by atoms with Crippen LogP contribution in [-0.4, -0.2) is 28.9 Å².